The molecule has 25 heavy (non-hydrogen) atoms. The third-order valence-electron chi connectivity index (χ3n) is 4.87. The molecule has 0 saturated heterocycles. The molecule has 0 unspecified atom stereocenters. The zero-order valence-corrected chi connectivity index (χ0v) is 14.7. The van der Waals surface area contributed by atoms with Crippen LogP contribution < -0.4 is 4.74 Å². The Morgan fingerprint density at radius 1 is 1.04 bits per heavy atom. The number of hydrazone groups is 1. The van der Waals surface area contributed by atoms with Crippen molar-refractivity contribution in [2.45, 2.75) is 25.6 Å². The Morgan fingerprint density at radius 3 is 2.68 bits per heavy atom. The van der Waals surface area contributed by atoms with Crippen LogP contribution in [0.2, 0.25) is 0 Å². The molecule has 0 amide bonds. The van der Waals surface area contributed by atoms with Crippen LogP contribution in [0.4, 0.5) is 0 Å². The largest absolute Gasteiger partial charge is 0.464 e. The SMILES string of the molecule is Cc1ccc([C@@H]2Oc3ccccc3[C@H]3CC(c4cccs4)=NN32)cc1. The maximum atomic E-state index is 6.36. The van der Waals surface area contributed by atoms with Gasteiger partial charge in [0.1, 0.15) is 5.75 Å². The zero-order valence-electron chi connectivity index (χ0n) is 13.9. The van der Waals surface area contributed by atoms with E-state index in [2.05, 4.69) is 71.9 Å². The van der Waals surface area contributed by atoms with Crippen molar-refractivity contribution < 1.29 is 4.74 Å². The number of benzene rings is 2. The van der Waals surface area contributed by atoms with Crippen LogP contribution in [0.3, 0.4) is 0 Å². The molecule has 2 aromatic carbocycles. The van der Waals surface area contributed by atoms with E-state index in [0.717, 1.165) is 23.4 Å². The molecular formula is C21H18N2OS. The Bertz CT molecular complexity index is 931. The zero-order chi connectivity index (χ0) is 16.8. The summed E-state index contributed by atoms with van der Waals surface area (Å²) in [7, 11) is 0. The van der Waals surface area contributed by atoms with Gasteiger partial charge in [0.25, 0.3) is 0 Å². The summed E-state index contributed by atoms with van der Waals surface area (Å²) in [5.41, 5.74) is 4.76. The van der Waals surface area contributed by atoms with Crippen LogP contribution in [0.1, 0.15) is 40.3 Å². The second-order valence-electron chi connectivity index (χ2n) is 6.54. The van der Waals surface area contributed by atoms with Crippen LogP contribution in [-0.2, 0) is 0 Å². The average molecular weight is 346 g/mol. The average Bonchev–Trinajstić information content (AvgIpc) is 3.31. The summed E-state index contributed by atoms with van der Waals surface area (Å²) < 4.78 is 6.36. The van der Waals surface area contributed by atoms with Crippen LogP contribution in [0, 0.1) is 6.92 Å². The van der Waals surface area contributed by atoms with E-state index in [1.807, 2.05) is 6.07 Å². The number of fused-ring (bicyclic) bond motifs is 3. The Kier molecular flexibility index (Phi) is 3.38. The summed E-state index contributed by atoms with van der Waals surface area (Å²) in [5.74, 6) is 0.969. The maximum Gasteiger partial charge on any atom is 0.213 e. The Balaban J connectivity index is 1.60. The minimum absolute atomic E-state index is 0.182. The first-order valence-electron chi connectivity index (χ1n) is 8.51. The molecule has 4 heteroatoms. The van der Waals surface area contributed by atoms with E-state index in [1.54, 1.807) is 11.3 Å². The van der Waals surface area contributed by atoms with E-state index in [9.17, 15) is 0 Å². The van der Waals surface area contributed by atoms with Gasteiger partial charge in [-0.2, -0.15) is 5.10 Å². The van der Waals surface area contributed by atoms with Crippen LogP contribution in [0.15, 0.2) is 71.1 Å². The molecular weight excluding hydrogens is 328 g/mol. The molecule has 0 bridgehead atoms. The molecule has 0 spiro atoms. The highest BCUT2D eigenvalue weighted by Gasteiger charge is 2.40. The summed E-state index contributed by atoms with van der Waals surface area (Å²) in [6, 6.07) is 21.4. The van der Waals surface area contributed by atoms with Gasteiger partial charge in [0.05, 0.1) is 16.6 Å². The Labute approximate surface area is 151 Å². The van der Waals surface area contributed by atoms with Crippen molar-refractivity contribution in [1.82, 2.24) is 5.01 Å². The van der Waals surface area contributed by atoms with Crippen molar-refractivity contribution in [2.24, 2.45) is 5.10 Å². The minimum Gasteiger partial charge on any atom is -0.464 e. The molecule has 0 N–H and O–H groups in total. The predicted octanol–water partition coefficient (Wildman–Crippen LogP) is 5.30. The molecule has 0 aliphatic carbocycles. The second kappa shape index (κ2) is 5.74. The number of hydrogen-bond acceptors (Lipinski definition) is 4. The van der Waals surface area contributed by atoms with Gasteiger partial charge in [-0.1, -0.05) is 54.1 Å². The lowest BCUT2D eigenvalue weighted by Crippen LogP contribution is -2.33. The van der Waals surface area contributed by atoms with E-state index in [1.165, 1.54) is 16.0 Å². The molecule has 124 valence electrons. The fourth-order valence-corrected chi connectivity index (χ4v) is 4.30. The van der Waals surface area contributed by atoms with Crippen molar-refractivity contribution in [1.29, 1.82) is 0 Å². The van der Waals surface area contributed by atoms with Crippen molar-refractivity contribution >= 4 is 17.0 Å². The number of para-hydroxylation sites is 1. The third kappa shape index (κ3) is 2.45. The monoisotopic (exact) mass is 346 g/mol. The molecule has 3 aromatic rings. The maximum absolute atomic E-state index is 6.36. The minimum atomic E-state index is -0.182. The van der Waals surface area contributed by atoms with E-state index >= 15 is 0 Å². The van der Waals surface area contributed by atoms with Gasteiger partial charge in [0.15, 0.2) is 0 Å². The number of ether oxygens (including phenoxy) is 1. The highest BCUT2D eigenvalue weighted by molar-refractivity contribution is 7.12. The smallest absolute Gasteiger partial charge is 0.213 e. The van der Waals surface area contributed by atoms with E-state index in [-0.39, 0.29) is 12.3 Å². The van der Waals surface area contributed by atoms with Gasteiger partial charge in [-0.05, 0) is 24.4 Å². The number of aryl methyl sites for hydroxylation is 1. The molecule has 2 atom stereocenters. The highest BCUT2D eigenvalue weighted by Crippen LogP contribution is 2.47. The van der Waals surface area contributed by atoms with Gasteiger partial charge in [-0.3, -0.25) is 0 Å². The van der Waals surface area contributed by atoms with Crippen LogP contribution >= 0.6 is 11.3 Å². The van der Waals surface area contributed by atoms with Gasteiger partial charge < -0.3 is 4.74 Å². The molecule has 5 rings (SSSR count). The summed E-state index contributed by atoms with van der Waals surface area (Å²) >= 11 is 1.75. The number of thiophene rings is 1. The van der Waals surface area contributed by atoms with Gasteiger partial charge in [0.2, 0.25) is 6.23 Å². The fraction of sp³-hybridized carbons (Fsp3) is 0.190. The van der Waals surface area contributed by atoms with E-state index < -0.39 is 0 Å². The van der Waals surface area contributed by atoms with Crippen molar-refractivity contribution in [3.05, 3.63) is 87.6 Å². The molecule has 2 aliphatic heterocycles. The fourth-order valence-electron chi connectivity index (χ4n) is 3.58. The van der Waals surface area contributed by atoms with Gasteiger partial charge in [0, 0.05) is 17.5 Å². The number of rotatable bonds is 2. The van der Waals surface area contributed by atoms with Crippen LogP contribution in [0.5, 0.6) is 5.75 Å². The Hall–Kier alpha value is -2.59. The summed E-state index contributed by atoms with van der Waals surface area (Å²) in [6.07, 6.45) is 0.737. The molecule has 0 fully saturated rings. The first-order valence-corrected chi connectivity index (χ1v) is 9.39. The normalized spacial score (nSPS) is 21.3. The molecule has 0 radical (unpaired) electrons. The summed E-state index contributed by atoms with van der Waals surface area (Å²) in [5, 5.41) is 9.22. The lowest BCUT2D eigenvalue weighted by atomic mass is 9.97. The standard InChI is InChI=1S/C21H18N2OS/c1-14-8-10-15(11-9-14)21-23-18(16-5-2-3-6-19(16)24-21)13-17(22-23)20-7-4-12-25-20/h2-12,18,21H,13H2,1H3/t18-,21+/m1/s1. The van der Waals surface area contributed by atoms with Crippen LogP contribution in [-0.4, -0.2) is 10.7 Å². The topological polar surface area (TPSA) is 24.8 Å². The lowest BCUT2D eigenvalue weighted by molar-refractivity contribution is -0.0190. The quantitative estimate of drug-likeness (QED) is 0.629. The third-order valence-corrected chi connectivity index (χ3v) is 5.79. The van der Waals surface area contributed by atoms with Crippen LogP contribution in [0.25, 0.3) is 0 Å². The second-order valence-corrected chi connectivity index (χ2v) is 7.49. The van der Waals surface area contributed by atoms with Gasteiger partial charge in [-0.15, -0.1) is 11.3 Å². The van der Waals surface area contributed by atoms with Crippen molar-refractivity contribution in [3.63, 3.8) is 0 Å². The van der Waals surface area contributed by atoms with Gasteiger partial charge >= 0.3 is 0 Å². The molecule has 2 aliphatic rings. The predicted molar refractivity (Wildman–Crippen MR) is 101 cm³/mol. The number of hydrogen-bond donors (Lipinski definition) is 0. The summed E-state index contributed by atoms with van der Waals surface area (Å²) in [6.45, 7) is 2.10. The van der Waals surface area contributed by atoms with Crippen molar-refractivity contribution in [2.75, 3.05) is 0 Å². The number of nitrogens with zero attached hydrogens (tertiary/aromatic N) is 2. The van der Waals surface area contributed by atoms with Crippen molar-refractivity contribution in [3.8, 4) is 5.75 Å². The molecule has 1 aromatic heterocycles. The molecule has 3 heterocycles. The summed E-state index contributed by atoms with van der Waals surface area (Å²) in [4.78, 5) is 1.24. The van der Waals surface area contributed by atoms with E-state index in [0.29, 0.717) is 0 Å². The molecule has 0 saturated carbocycles. The first-order chi connectivity index (χ1) is 12.3. The highest BCUT2D eigenvalue weighted by atomic mass is 32.1. The molecule has 3 nitrogen and oxygen atoms in total. The lowest BCUT2D eigenvalue weighted by Gasteiger charge is -2.38. The van der Waals surface area contributed by atoms with E-state index in [4.69, 9.17) is 9.84 Å². The van der Waals surface area contributed by atoms with Gasteiger partial charge in [-0.25, -0.2) is 5.01 Å². The Morgan fingerprint density at radius 2 is 1.88 bits per heavy atom. The first kappa shape index (κ1) is 14.7.